The Morgan fingerprint density at radius 1 is 0.862 bits per heavy atom. The zero-order chi connectivity index (χ0) is 21.0. The van der Waals surface area contributed by atoms with Crippen molar-refractivity contribution < 1.29 is 9.59 Å². The average molecular weight is 387 g/mol. The molecule has 0 heterocycles. The molecule has 2 aromatic carbocycles. The number of ketones is 2. The fourth-order valence-corrected chi connectivity index (χ4v) is 5.09. The van der Waals surface area contributed by atoms with E-state index < -0.39 is 0 Å². The van der Waals surface area contributed by atoms with Crippen LogP contribution in [-0.2, 0) is 0 Å². The molecule has 0 saturated heterocycles. The Labute approximate surface area is 174 Å². The number of Topliss-reactive ketones (excluding diaryl/α,β-unsaturated/α-hetero) is 2. The molecule has 1 aliphatic carbocycles. The van der Waals surface area contributed by atoms with E-state index in [1.54, 1.807) is 0 Å². The minimum Gasteiger partial charge on any atom is -0.294 e. The summed E-state index contributed by atoms with van der Waals surface area (Å²) in [7, 11) is 0. The Hall–Kier alpha value is -2.74. The molecule has 0 fully saturated rings. The largest absolute Gasteiger partial charge is 0.294 e. The van der Waals surface area contributed by atoms with Gasteiger partial charge in [-0.2, -0.15) is 0 Å². The van der Waals surface area contributed by atoms with Crippen LogP contribution >= 0.6 is 0 Å². The lowest BCUT2D eigenvalue weighted by Gasteiger charge is -2.42. The van der Waals surface area contributed by atoms with Gasteiger partial charge in [0.1, 0.15) is 0 Å². The first-order valence-electron chi connectivity index (χ1n) is 10.5. The van der Waals surface area contributed by atoms with Crippen molar-refractivity contribution in [2.45, 2.75) is 33.6 Å². The summed E-state index contributed by atoms with van der Waals surface area (Å²) in [5.41, 5.74) is 3.84. The second kappa shape index (κ2) is 9.17. The molecule has 0 saturated carbocycles. The molecule has 150 valence electrons. The van der Waals surface area contributed by atoms with E-state index in [0.29, 0.717) is 12.0 Å². The predicted molar refractivity (Wildman–Crippen MR) is 119 cm³/mol. The van der Waals surface area contributed by atoms with Crippen LogP contribution < -0.4 is 0 Å². The number of hydrogen-bond donors (Lipinski definition) is 0. The van der Waals surface area contributed by atoms with E-state index in [0.717, 1.165) is 17.6 Å². The van der Waals surface area contributed by atoms with Crippen molar-refractivity contribution in [3.63, 3.8) is 0 Å². The standard InChI is InChI=1S/C27H30O2/c1-5-13-23-22(6-2)18(3)24(26(28)20-14-9-7-10-15-20)19(4)25(23)27(29)21-16-11-8-12-17-21/h5,7-12,14-19,24-25H,1,6,13H2,2-4H3/t18-,19-,24-,25+/m0/s1. The summed E-state index contributed by atoms with van der Waals surface area (Å²) in [6.45, 7) is 10.3. The number of allylic oxidation sites excluding steroid dienone is 3. The molecule has 0 aliphatic heterocycles. The molecule has 0 amide bonds. The molecule has 4 atom stereocenters. The maximum Gasteiger partial charge on any atom is 0.170 e. The summed E-state index contributed by atoms with van der Waals surface area (Å²) in [4.78, 5) is 27.1. The lowest BCUT2D eigenvalue weighted by molar-refractivity contribution is 0.0717. The summed E-state index contributed by atoms with van der Waals surface area (Å²) < 4.78 is 0. The van der Waals surface area contributed by atoms with Crippen LogP contribution in [0.3, 0.4) is 0 Å². The van der Waals surface area contributed by atoms with Crippen LogP contribution in [0.5, 0.6) is 0 Å². The average Bonchev–Trinajstić information content (AvgIpc) is 2.75. The van der Waals surface area contributed by atoms with Crippen molar-refractivity contribution in [1.82, 2.24) is 0 Å². The molecule has 0 unspecified atom stereocenters. The molecule has 2 aromatic rings. The quantitative estimate of drug-likeness (QED) is 0.399. The van der Waals surface area contributed by atoms with Crippen molar-refractivity contribution in [3.8, 4) is 0 Å². The third-order valence-corrected chi connectivity index (χ3v) is 6.42. The number of carbonyl (C=O) groups excluding carboxylic acids is 2. The monoisotopic (exact) mass is 386 g/mol. The van der Waals surface area contributed by atoms with Gasteiger partial charge in [-0.05, 0) is 24.7 Å². The number of carbonyl (C=O) groups is 2. The maximum absolute atomic E-state index is 13.6. The van der Waals surface area contributed by atoms with Crippen molar-refractivity contribution in [2.24, 2.45) is 23.7 Å². The summed E-state index contributed by atoms with van der Waals surface area (Å²) in [5, 5.41) is 0. The van der Waals surface area contributed by atoms with Crippen LogP contribution in [0.4, 0.5) is 0 Å². The third-order valence-electron chi connectivity index (χ3n) is 6.42. The molecule has 0 aromatic heterocycles. The second-order valence-corrected chi connectivity index (χ2v) is 8.01. The Bertz CT molecular complexity index is 908. The van der Waals surface area contributed by atoms with Gasteiger partial charge < -0.3 is 0 Å². The number of hydrogen-bond acceptors (Lipinski definition) is 2. The van der Waals surface area contributed by atoms with Gasteiger partial charge in [0.05, 0.1) is 0 Å². The van der Waals surface area contributed by atoms with Gasteiger partial charge in [-0.1, -0.05) is 98.7 Å². The van der Waals surface area contributed by atoms with Crippen LogP contribution in [0, 0.1) is 23.7 Å². The van der Waals surface area contributed by atoms with Crippen molar-refractivity contribution in [3.05, 3.63) is 95.6 Å². The minimum absolute atomic E-state index is 0.0735. The van der Waals surface area contributed by atoms with Crippen LogP contribution in [0.1, 0.15) is 54.3 Å². The van der Waals surface area contributed by atoms with E-state index in [2.05, 4.69) is 27.4 Å². The molecular weight excluding hydrogens is 356 g/mol. The van der Waals surface area contributed by atoms with E-state index in [9.17, 15) is 9.59 Å². The molecular formula is C27H30O2. The highest BCUT2D eigenvalue weighted by Gasteiger charge is 2.45. The first-order chi connectivity index (χ1) is 14.0. The van der Waals surface area contributed by atoms with Gasteiger partial charge in [0.25, 0.3) is 0 Å². The van der Waals surface area contributed by atoms with E-state index in [1.165, 1.54) is 5.57 Å². The summed E-state index contributed by atoms with van der Waals surface area (Å²) in [6.07, 6.45) is 3.41. The Kier molecular flexibility index (Phi) is 6.64. The molecule has 0 N–H and O–H groups in total. The SMILES string of the molecule is C=CCC1=C(CC)[C@H](C)[C@H](C(=O)c2ccccc2)[C@H](C)[C@H]1C(=O)c1ccccc1. The Morgan fingerprint density at radius 3 is 1.86 bits per heavy atom. The number of benzene rings is 2. The van der Waals surface area contributed by atoms with Crippen LogP contribution in [0.25, 0.3) is 0 Å². The van der Waals surface area contributed by atoms with Gasteiger partial charge >= 0.3 is 0 Å². The maximum atomic E-state index is 13.6. The first-order valence-corrected chi connectivity index (χ1v) is 10.5. The molecule has 2 heteroatoms. The molecule has 3 rings (SSSR count). The van der Waals surface area contributed by atoms with Gasteiger partial charge in [-0.3, -0.25) is 9.59 Å². The molecule has 0 bridgehead atoms. The highest BCUT2D eigenvalue weighted by atomic mass is 16.1. The summed E-state index contributed by atoms with van der Waals surface area (Å²) >= 11 is 0. The van der Waals surface area contributed by atoms with E-state index in [-0.39, 0.29) is 35.2 Å². The smallest absolute Gasteiger partial charge is 0.170 e. The third kappa shape index (κ3) is 4.03. The van der Waals surface area contributed by atoms with Crippen LogP contribution in [0.2, 0.25) is 0 Å². The lowest BCUT2D eigenvalue weighted by atomic mass is 9.60. The Balaban J connectivity index is 2.11. The highest BCUT2D eigenvalue weighted by Crippen LogP contribution is 2.47. The minimum atomic E-state index is -0.292. The summed E-state index contributed by atoms with van der Waals surface area (Å²) in [5.74, 6) is -0.218. The molecule has 1 aliphatic rings. The fraction of sp³-hybridized carbons (Fsp3) is 0.333. The van der Waals surface area contributed by atoms with E-state index in [1.807, 2.05) is 66.7 Å². The Morgan fingerprint density at radius 2 is 1.38 bits per heavy atom. The molecule has 2 nitrogen and oxygen atoms in total. The van der Waals surface area contributed by atoms with E-state index in [4.69, 9.17) is 0 Å². The second-order valence-electron chi connectivity index (χ2n) is 8.01. The number of rotatable bonds is 7. The van der Waals surface area contributed by atoms with Crippen LogP contribution in [-0.4, -0.2) is 11.6 Å². The van der Waals surface area contributed by atoms with Gasteiger partial charge in [0.15, 0.2) is 11.6 Å². The van der Waals surface area contributed by atoms with Crippen molar-refractivity contribution in [1.29, 1.82) is 0 Å². The zero-order valence-electron chi connectivity index (χ0n) is 17.6. The molecule has 0 spiro atoms. The molecule has 0 radical (unpaired) electrons. The van der Waals surface area contributed by atoms with Gasteiger partial charge in [-0.25, -0.2) is 0 Å². The van der Waals surface area contributed by atoms with E-state index >= 15 is 0 Å². The molecule has 29 heavy (non-hydrogen) atoms. The fourth-order valence-electron chi connectivity index (χ4n) is 5.09. The summed E-state index contributed by atoms with van der Waals surface area (Å²) in [6, 6.07) is 18.9. The van der Waals surface area contributed by atoms with Crippen LogP contribution in [0.15, 0.2) is 84.5 Å². The van der Waals surface area contributed by atoms with Gasteiger partial charge in [-0.15, -0.1) is 6.58 Å². The van der Waals surface area contributed by atoms with Crippen molar-refractivity contribution in [2.75, 3.05) is 0 Å². The first kappa shape index (κ1) is 21.0. The van der Waals surface area contributed by atoms with Crippen molar-refractivity contribution >= 4 is 11.6 Å². The highest BCUT2D eigenvalue weighted by molar-refractivity contribution is 6.02. The topological polar surface area (TPSA) is 34.1 Å². The predicted octanol–water partition coefficient (Wildman–Crippen LogP) is 6.55. The normalized spacial score (nSPS) is 24.2. The van der Waals surface area contributed by atoms with Gasteiger partial charge in [0, 0.05) is 23.0 Å². The lowest BCUT2D eigenvalue weighted by Crippen LogP contribution is -2.42. The van der Waals surface area contributed by atoms with Gasteiger partial charge in [0.2, 0.25) is 0 Å². The zero-order valence-corrected chi connectivity index (χ0v) is 17.6.